The van der Waals surface area contributed by atoms with Gasteiger partial charge in [0.1, 0.15) is 5.70 Å². The summed E-state index contributed by atoms with van der Waals surface area (Å²) < 4.78 is 0. The number of carbonyl (C=O) groups excluding carboxylic acids is 2. The van der Waals surface area contributed by atoms with Gasteiger partial charge in [-0.1, -0.05) is 18.2 Å². The molecule has 124 valence electrons. The number of hydrogen-bond acceptors (Lipinski definition) is 6. The number of anilines is 1. The molecule has 2 aromatic rings. The molecule has 0 aliphatic carbocycles. The minimum absolute atomic E-state index is 0.0610. The highest BCUT2D eigenvalue weighted by Crippen LogP contribution is 2.05. The molecule has 1 aromatic carbocycles. The van der Waals surface area contributed by atoms with Gasteiger partial charge in [0.2, 0.25) is 5.95 Å². The van der Waals surface area contributed by atoms with Gasteiger partial charge in [-0.15, -0.1) is 0 Å². The van der Waals surface area contributed by atoms with E-state index in [1.807, 2.05) is 25.3 Å². The minimum atomic E-state index is -0.656. The second-order valence-corrected chi connectivity index (χ2v) is 4.97. The molecule has 0 radical (unpaired) electrons. The number of hydrazine groups is 1. The van der Waals surface area contributed by atoms with Crippen LogP contribution in [0, 0.1) is 13.8 Å². The first kappa shape index (κ1) is 17.1. The topological polar surface area (TPSA) is 122 Å². The highest BCUT2D eigenvalue weighted by atomic mass is 16.2. The summed E-state index contributed by atoms with van der Waals surface area (Å²) in [5.41, 5.74) is 3.88. The number of nitrogens with zero attached hydrogens (tertiary/aromatic N) is 2. The molecule has 0 saturated carbocycles. The third kappa shape index (κ3) is 4.62. The third-order valence-electron chi connectivity index (χ3n) is 2.99. The van der Waals surface area contributed by atoms with Crippen LogP contribution in [0.5, 0.6) is 0 Å². The van der Waals surface area contributed by atoms with E-state index in [0.29, 0.717) is 11.5 Å². The van der Waals surface area contributed by atoms with E-state index in [9.17, 15) is 9.59 Å². The van der Waals surface area contributed by atoms with E-state index < -0.39 is 11.8 Å². The quantitative estimate of drug-likeness (QED) is 0.279. The van der Waals surface area contributed by atoms with Crippen molar-refractivity contribution in [3.05, 3.63) is 65.2 Å². The molecular weight excluding hydrogens is 308 g/mol. The van der Waals surface area contributed by atoms with Gasteiger partial charge in [-0.3, -0.25) is 15.0 Å². The second kappa shape index (κ2) is 7.84. The summed E-state index contributed by atoms with van der Waals surface area (Å²) >= 11 is 0. The summed E-state index contributed by atoms with van der Waals surface area (Å²) in [5, 5.41) is 5.28. The number of amides is 2. The molecule has 2 amide bonds. The summed E-state index contributed by atoms with van der Waals surface area (Å²) in [7, 11) is 0. The van der Waals surface area contributed by atoms with Crippen molar-refractivity contribution >= 4 is 17.8 Å². The first-order valence-corrected chi connectivity index (χ1v) is 7.16. The van der Waals surface area contributed by atoms with Crippen molar-refractivity contribution in [3.63, 3.8) is 0 Å². The number of hydrogen-bond donors (Lipinski definition) is 4. The zero-order chi connectivity index (χ0) is 17.5. The molecule has 0 aliphatic heterocycles. The van der Waals surface area contributed by atoms with Crippen molar-refractivity contribution in [1.29, 1.82) is 0 Å². The molecule has 24 heavy (non-hydrogen) atoms. The molecule has 0 aliphatic rings. The Balaban J connectivity index is 2.18. The van der Waals surface area contributed by atoms with Crippen molar-refractivity contribution in [2.75, 3.05) is 5.32 Å². The molecule has 1 heterocycles. The third-order valence-corrected chi connectivity index (χ3v) is 2.99. The van der Waals surface area contributed by atoms with Crippen LogP contribution < -0.4 is 21.9 Å². The molecule has 0 fully saturated rings. The fourth-order valence-electron chi connectivity index (χ4n) is 1.95. The predicted octanol–water partition coefficient (Wildman–Crippen LogP) is 0.767. The largest absolute Gasteiger partial charge is 0.328 e. The monoisotopic (exact) mass is 326 g/mol. The fourth-order valence-corrected chi connectivity index (χ4v) is 1.95. The fraction of sp³-hybridized carbons (Fsp3) is 0.125. The van der Waals surface area contributed by atoms with Crippen molar-refractivity contribution in [2.24, 2.45) is 5.84 Å². The number of benzene rings is 1. The Labute approximate surface area is 139 Å². The van der Waals surface area contributed by atoms with Crippen LogP contribution in [0.2, 0.25) is 0 Å². The first-order valence-electron chi connectivity index (χ1n) is 7.16. The van der Waals surface area contributed by atoms with E-state index in [1.165, 1.54) is 6.20 Å². The maximum Gasteiger partial charge on any atom is 0.283 e. The summed E-state index contributed by atoms with van der Waals surface area (Å²) in [5.74, 6) is 4.37. The predicted molar refractivity (Wildman–Crippen MR) is 89.5 cm³/mol. The van der Waals surface area contributed by atoms with E-state index in [1.54, 1.807) is 30.3 Å². The molecule has 0 unspecified atom stereocenters. The van der Waals surface area contributed by atoms with Gasteiger partial charge in [0.25, 0.3) is 11.8 Å². The molecule has 1 aromatic heterocycles. The van der Waals surface area contributed by atoms with Crippen molar-refractivity contribution in [2.45, 2.75) is 13.8 Å². The van der Waals surface area contributed by atoms with Gasteiger partial charge in [0, 0.05) is 23.2 Å². The van der Waals surface area contributed by atoms with Crippen LogP contribution in [0.1, 0.15) is 21.7 Å². The molecule has 0 bridgehead atoms. The lowest BCUT2D eigenvalue weighted by Gasteiger charge is -2.09. The van der Waals surface area contributed by atoms with E-state index in [0.717, 1.165) is 11.4 Å². The molecule has 2 rings (SSSR count). The zero-order valence-electron chi connectivity index (χ0n) is 13.3. The van der Waals surface area contributed by atoms with Gasteiger partial charge in [-0.2, -0.15) is 0 Å². The lowest BCUT2D eigenvalue weighted by Crippen LogP contribution is -2.38. The molecule has 5 N–H and O–H groups in total. The molecular formula is C16H18N6O2. The Morgan fingerprint density at radius 3 is 2.29 bits per heavy atom. The smallest absolute Gasteiger partial charge is 0.283 e. The Morgan fingerprint density at radius 2 is 1.71 bits per heavy atom. The highest BCUT2D eigenvalue weighted by Gasteiger charge is 2.13. The average Bonchev–Trinajstić information content (AvgIpc) is 2.57. The van der Waals surface area contributed by atoms with Gasteiger partial charge in [0.05, 0.1) is 0 Å². The Bertz CT molecular complexity index is 753. The molecule has 0 atom stereocenters. The van der Waals surface area contributed by atoms with Crippen LogP contribution in [0.3, 0.4) is 0 Å². The zero-order valence-corrected chi connectivity index (χ0v) is 13.3. The van der Waals surface area contributed by atoms with Gasteiger partial charge in [0.15, 0.2) is 0 Å². The van der Waals surface area contributed by atoms with E-state index >= 15 is 0 Å². The van der Waals surface area contributed by atoms with Crippen LogP contribution in [0.4, 0.5) is 5.95 Å². The van der Waals surface area contributed by atoms with Gasteiger partial charge < -0.3 is 10.6 Å². The number of rotatable bonds is 5. The standard InChI is InChI=1S/C16H18N6O2/c1-10-8-11(2)20-16(19-10)18-9-13(15(24)22-17)21-14(23)12-6-4-3-5-7-12/h3-9H,17H2,1-2H3,(H,21,23)(H,22,24)(H,18,19,20)/b13-9-. The van der Waals surface area contributed by atoms with Crippen LogP contribution in [0.15, 0.2) is 48.3 Å². The van der Waals surface area contributed by atoms with E-state index in [4.69, 9.17) is 5.84 Å². The van der Waals surface area contributed by atoms with Crippen LogP contribution in [0.25, 0.3) is 0 Å². The Kier molecular flexibility index (Phi) is 5.58. The number of nitrogens with two attached hydrogens (primary N) is 1. The minimum Gasteiger partial charge on any atom is -0.328 e. The Hall–Kier alpha value is -3.26. The van der Waals surface area contributed by atoms with E-state index in [-0.39, 0.29) is 5.70 Å². The number of nitrogens with one attached hydrogen (secondary N) is 3. The molecule has 8 nitrogen and oxygen atoms in total. The molecule has 0 saturated heterocycles. The van der Waals surface area contributed by atoms with Crippen LogP contribution in [-0.2, 0) is 4.79 Å². The second-order valence-electron chi connectivity index (χ2n) is 4.97. The summed E-state index contributed by atoms with van der Waals surface area (Å²) in [4.78, 5) is 32.4. The number of aromatic nitrogens is 2. The van der Waals surface area contributed by atoms with Crippen LogP contribution in [-0.4, -0.2) is 21.8 Å². The van der Waals surface area contributed by atoms with E-state index in [2.05, 4.69) is 20.6 Å². The molecule has 0 spiro atoms. The van der Waals surface area contributed by atoms with Crippen molar-refractivity contribution in [1.82, 2.24) is 20.7 Å². The summed E-state index contributed by atoms with van der Waals surface area (Å²) in [6.45, 7) is 3.66. The number of aryl methyl sites for hydroxylation is 2. The normalized spacial score (nSPS) is 10.9. The summed E-state index contributed by atoms with van der Waals surface area (Å²) in [6, 6.07) is 10.3. The van der Waals surface area contributed by atoms with Crippen molar-refractivity contribution in [3.8, 4) is 0 Å². The lowest BCUT2D eigenvalue weighted by atomic mass is 10.2. The first-order chi connectivity index (χ1) is 11.5. The van der Waals surface area contributed by atoms with Gasteiger partial charge in [-0.05, 0) is 32.0 Å². The highest BCUT2D eigenvalue weighted by molar-refractivity contribution is 6.02. The van der Waals surface area contributed by atoms with Gasteiger partial charge in [-0.25, -0.2) is 15.8 Å². The Morgan fingerprint density at radius 1 is 1.08 bits per heavy atom. The average molecular weight is 326 g/mol. The molecule has 8 heteroatoms. The summed E-state index contributed by atoms with van der Waals surface area (Å²) in [6.07, 6.45) is 1.29. The SMILES string of the molecule is Cc1cc(C)nc(N/C=C(\NC(=O)c2ccccc2)C(=O)NN)n1. The van der Waals surface area contributed by atoms with Gasteiger partial charge >= 0.3 is 0 Å². The number of carbonyl (C=O) groups is 2. The maximum absolute atomic E-state index is 12.2. The maximum atomic E-state index is 12.2. The lowest BCUT2D eigenvalue weighted by molar-refractivity contribution is -0.117. The van der Waals surface area contributed by atoms with Crippen LogP contribution >= 0.6 is 0 Å². The van der Waals surface area contributed by atoms with Crippen molar-refractivity contribution < 1.29 is 9.59 Å².